The third kappa shape index (κ3) is 4.23. The zero-order valence-electron chi connectivity index (χ0n) is 12.5. The van der Waals surface area contributed by atoms with Crippen LogP contribution in [-0.2, 0) is 6.54 Å². The number of nitrogens with one attached hydrogen (secondary N) is 1. The van der Waals surface area contributed by atoms with E-state index in [2.05, 4.69) is 36.0 Å². The molecule has 1 N–H and O–H groups in total. The van der Waals surface area contributed by atoms with Crippen molar-refractivity contribution in [3.05, 3.63) is 12.0 Å². The van der Waals surface area contributed by atoms with Crippen LogP contribution in [0.2, 0.25) is 0 Å². The monoisotopic (exact) mass is 265 g/mol. The average Bonchev–Trinajstić information content (AvgIpc) is 2.71. The largest absolute Gasteiger partial charge is 0.432 e. The van der Waals surface area contributed by atoms with Crippen LogP contribution in [0.5, 0.6) is 0 Å². The Bertz CT molecular complexity index is 375. The molecule has 1 fully saturated rings. The van der Waals surface area contributed by atoms with Gasteiger partial charge in [-0.15, -0.1) is 0 Å². The van der Waals surface area contributed by atoms with E-state index in [1.165, 1.54) is 25.7 Å². The zero-order valence-corrected chi connectivity index (χ0v) is 12.5. The first kappa shape index (κ1) is 14.4. The van der Waals surface area contributed by atoms with Crippen LogP contribution >= 0.6 is 0 Å². The summed E-state index contributed by atoms with van der Waals surface area (Å²) in [5, 5.41) is 3.40. The van der Waals surface area contributed by atoms with Crippen LogP contribution in [0.15, 0.2) is 10.7 Å². The Morgan fingerprint density at radius 2 is 2.26 bits per heavy atom. The molecular weight excluding hydrogens is 238 g/mol. The van der Waals surface area contributed by atoms with Crippen LogP contribution < -0.4 is 10.2 Å². The highest BCUT2D eigenvalue weighted by atomic mass is 16.4. The van der Waals surface area contributed by atoms with Crippen molar-refractivity contribution in [1.82, 2.24) is 10.3 Å². The van der Waals surface area contributed by atoms with Crippen LogP contribution in [0.4, 0.5) is 6.01 Å². The van der Waals surface area contributed by atoms with Gasteiger partial charge in [-0.3, -0.25) is 0 Å². The Kier molecular flexibility index (Phi) is 5.25. The number of nitrogens with zero attached hydrogens (tertiary/aromatic N) is 2. The minimum Gasteiger partial charge on any atom is -0.432 e. The predicted molar refractivity (Wildman–Crippen MR) is 78.3 cm³/mol. The molecule has 108 valence electrons. The number of hydrogen-bond acceptors (Lipinski definition) is 4. The Labute approximate surface area is 116 Å². The van der Waals surface area contributed by atoms with E-state index in [9.17, 15) is 0 Å². The number of anilines is 1. The molecule has 0 radical (unpaired) electrons. The van der Waals surface area contributed by atoms with Gasteiger partial charge in [0.2, 0.25) is 0 Å². The summed E-state index contributed by atoms with van der Waals surface area (Å²) in [4.78, 5) is 6.94. The quantitative estimate of drug-likeness (QED) is 0.887. The molecule has 4 heteroatoms. The smallest absolute Gasteiger partial charge is 0.297 e. The van der Waals surface area contributed by atoms with Crippen molar-refractivity contribution in [3.63, 3.8) is 0 Å². The van der Waals surface area contributed by atoms with Gasteiger partial charge in [0.05, 0.1) is 5.69 Å². The maximum absolute atomic E-state index is 5.66. The lowest BCUT2D eigenvalue weighted by atomic mass is 10.1. The summed E-state index contributed by atoms with van der Waals surface area (Å²) in [5.74, 6) is 0.664. The van der Waals surface area contributed by atoms with E-state index in [0.29, 0.717) is 12.0 Å². The molecule has 4 nitrogen and oxygen atoms in total. The lowest BCUT2D eigenvalue weighted by Crippen LogP contribution is -2.32. The van der Waals surface area contributed by atoms with Crippen molar-refractivity contribution in [3.8, 4) is 0 Å². The summed E-state index contributed by atoms with van der Waals surface area (Å²) < 4.78 is 5.66. The molecule has 0 aromatic carbocycles. The molecule has 1 atom stereocenters. The van der Waals surface area contributed by atoms with Gasteiger partial charge in [-0.1, -0.05) is 26.7 Å². The molecule has 1 aromatic heterocycles. The fraction of sp³-hybridized carbons (Fsp3) is 0.800. The van der Waals surface area contributed by atoms with E-state index < -0.39 is 0 Å². The molecule has 1 aromatic rings. The predicted octanol–water partition coefficient (Wildman–Crippen LogP) is 3.19. The van der Waals surface area contributed by atoms with Crippen molar-refractivity contribution in [2.24, 2.45) is 5.92 Å². The molecule has 0 spiro atoms. The average molecular weight is 265 g/mol. The van der Waals surface area contributed by atoms with Crippen molar-refractivity contribution >= 4 is 6.01 Å². The molecule has 2 rings (SSSR count). The van der Waals surface area contributed by atoms with Gasteiger partial charge in [0, 0.05) is 19.1 Å². The van der Waals surface area contributed by atoms with Gasteiger partial charge in [-0.05, 0) is 32.2 Å². The minimum absolute atomic E-state index is 0.539. The summed E-state index contributed by atoms with van der Waals surface area (Å²) >= 11 is 0. The third-order valence-corrected chi connectivity index (χ3v) is 3.70. The van der Waals surface area contributed by atoms with E-state index in [1.807, 2.05) is 0 Å². The molecular formula is C15H27N3O. The van der Waals surface area contributed by atoms with Crippen LogP contribution in [0, 0.1) is 5.92 Å². The van der Waals surface area contributed by atoms with Crippen LogP contribution in [-0.4, -0.2) is 24.1 Å². The molecule has 0 aliphatic carbocycles. The molecule has 19 heavy (non-hydrogen) atoms. The molecule has 0 amide bonds. The van der Waals surface area contributed by atoms with Crippen molar-refractivity contribution in [2.45, 2.75) is 59.0 Å². The molecule has 1 aliphatic heterocycles. The first-order chi connectivity index (χ1) is 9.16. The second-order valence-electron chi connectivity index (χ2n) is 6.04. The highest BCUT2D eigenvalue weighted by Gasteiger charge is 2.21. The lowest BCUT2D eigenvalue weighted by molar-refractivity contribution is 0.500. The third-order valence-electron chi connectivity index (χ3n) is 3.70. The van der Waals surface area contributed by atoms with Gasteiger partial charge in [0.15, 0.2) is 0 Å². The van der Waals surface area contributed by atoms with Crippen LogP contribution in [0.3, 0.4) is 0 Å². The molecule has 1 unspecified atom stereocenters. The van der Waals surface area contributed by atoms with Gasteiger partial charge in [0.25, 0.3) is 6.01 Å². The highest BCUT2D eigenvalue weighted by Crippen LogP contribution is 2.23. The van der Waals surface area contributed by atoms with Crippen LogP contribution in [0.25, 0.3) is 0 Å². The molecule has 1 aliphatic rings. The Morgan fingerprint density at radius 3 is 3.05 bits per heavy atom. The van der Waals surface area contributed by atoms with E-state index in [-0.39, 0.29) is 0 Å². The van der Waals surface area contributed by atoms with E-state index in [1.54, 1.807) is 6.26 Å². The second kappa shape index (κ2) is 6.94. The normalized spacial score (nSPS) is 20.8. The van der Waals surface area contributed by atoms with Crippen LogP contribution in [0.1, 0.15) is 52.1 Å². The molecule has 1 saturated heterocycles. The van der Waals surface area contributed by atoms with Gasteiger partial charge in [-0.25, -0.2) is 0 Å². The minimum atomic E-state index is 0.539. The van der Waals surface area contributed by atoms with Gasteiger partial charge < -0.3 is 14.6 Å². The summed E-state index contributed by atoms with van der Waals surface area (Å²) in [5.41, 5.74) is 1.01. The summed E-state index contributed by atoms with van der Waals surface area (Å²) in [7, 11) is 0. The van der Waals surface area contributed by atoms with Crippen molar-refractivity contribution in [2.75, 3.05) is 18.0 Å². The van der Waals surface area contributed by atoms with Gasteiger partial charge in [-0.2, -0.15) is 4.98 Å². The standard InChI is InChI=1S/C15H27N3O/c1-12(2)9-16-10-14-11-19-15(17-14)18-8-6-4-5-7-13(18)3/h11-13,16H,4-10H2,1-3H3. The van der Waals surface area contributed by atoms with Gasteiger partial charge in [0.1, 0.15) is 6.26 Å². The van der Waals surface area contributed by atoms with Crippen molar-refractivity contribution in [1.29, 1.82) is 0 Å². The Hall–Kier alpha value is -1.03. The van der Waals surface area contributed by atoms with E-state index >= 15 is 0 Å². The first-order valence-corrected chi connectivity index (χ1v) is 7.58. The number of aromatic nitrogens is 1. The summed E-state index contributed by atoms with van der Waals surface area (Å²) in [6.45, 7) is 9.57. The Morgan fingerprint density at radius 1 is 1.42 bits per heavy atom. The molecule has 0 bridgehead atoms. The number of oxazole rings is 1. The molecule has 2 heterocycles. The molecule has 0 saturated carbocycles. The number of hydrogen-bond donors (Lipinski definition) is 1. The summed E-state index contributed by atoms with van der Waals surface area (Å²) in [6.07, 6.45) is 6.92. The fourth-order valence-electron chi connectivity index (χ4n) is 2.56. The maximum Gasteiger partial charge on any atom is 0.297 e. The van der Waals surface area contributed by atoms with Crippen molar-refractivity contribution < 1.29 is 4.42 Å². The first-order valence-electron chi connectivity index (χ1n) is 7.58. The van der Waals surface area contributed by atoms with E-state index in [0.717, 1.165) is 31.3 Å². The van der Waals surface area contributed by atoms with E-state index in [4.69, 9.17) is 4.42 Å². The zero-order chi connectivity index (χ0) is 13.7. The maximum atomic E-state index is 5.66. The second-order valence-corrected chi connectivity index (χ2v) is 6.04. The Balaban J connectivity index is 1.91. The SMILES string of the molecule is CC(C)CNCc1coc(N2CCCCCC2C)n1. The lowest BCUT2D eigenvalue weighted by Gasteiger charge is -2.24. The van der Waals surface area contributed by atoms with Gasteiger partial charge >= 0.3 is 0 Å². The topological polar surface area (TPSA) is 41.3 Å². The fourth-order valence-corrected chi connectivity index (χ4v) is 2.56. The summed E-state index contributed by atoms with van der Waals surface area (Å²) in [6, 6.07) is 1.34. The highest BCUT2D eigenvalue weighted by molar-refractivity contribution is 5.29. The number of rotatable bonds is 5.